The van der Waals surface area contributed by atoms with E-state index in [1.54, 1.807) is 12.1 Å². The van der Waals surface area contributed by atoms with Crippen molar-refractivity contribution in [2.24, 2.45) is 5.92 Å². The minimum atomic E-state index is -1.05. The van der Waals surface area contributed by atoms with Crippen LogP contribution in [0.3, 0.4) is 0 Å². The van der Waals surface area contributed by atoms with Crippen molar-refractivity contribution >= 4 is 11.8 Å². The first kappa shape index (κ1) is 15.0. The Morgan fingerprint density at radius 3 is 2.47 bits per heavy atom. The van der Waals surface area contributed by atoms with Crippen LogP contribution in [0.4, 0.5) is 0 Å². The van der Waals surface area contributed by atoms with Gasteiger partial charge in [0, 0.05) is 6.42 Å². The monoisotopic (exact) mass is 266 g/mol. The Morgan fingerprint density at radius 1 is 1.37 bits per heavy atom. The molecule has 1 unspecified atom stereocenters. The van der Waals surface area contributed by atoms with Gasteiger partial charge in [0.1, 0.15) is 5.78 Å². The average molecular weight is 266 g/mol. The molecule has 0 amide bonds. The molecule has 5 heteroatoms. The lowest BCUT2D eigenvalue weighted by Gasteiger charge is -2.14. The van der Waals surface area contributed by atoms with Crippen molar-refractivity contribution in [1.82, 2.24) is 0 Å². The number of carboxylic acids is 1. The standard InChI is InChI=1S/C14H18O5/c1-8-4-10(13(16)12(5-8)19-3)7-11(14(17)18)6-9(2)15/h4-5,11,16H,6-7H2,1-3H3,(H,17,18). The van der Waals surface area contributed by atoms with Gasteiger partial charge in [0.25, 0.3) is 0 Å². The Labute approximate surface area is 111 Å². The fraction of sp³-hybridized carbons (Fsp3) is 0.429. The summed E-state index contributed by atoms with van der Waals surface area (Å²) in [6.45, 7) is 3.18. The van der Waals surface area contributed by atoms with E-state index in [0.717, 1.165) is 5.56 Å². The summed E-state index contributed by atoms with van der Waals surface area (Å²) in [5.74, 6) is -1.83. The van der Waals surface area contributed by atoms with Crippen molar-refractivity contribution in [3.8, 4) is 11.5 Å². The number of aliphatic carboxylic acids is 1. The molecule has 5 nitrogen and oxygen atoms in total. The van der Waals surface area contributed by atoms with Crippen molar-refractivity contribution in [2.75, 3.05) is 7.11 Å². The lowest BCUT2D eigenvalue weighted by atomic mass is 9.93. The van der Waals surface area contributed by atoms with Gasteiger partial charge in [0.15, 0.2) is 11.5 Å². The van der Waals surface area contributed by atoms with Gasteiger partial charge in [-0.2, -0.15) is 0 Å². The van der Waals surface area contributed by atoms with Crippen molar-refractivity contribution in [2.45, 2.75) is 26.7 Å². The van der Waals surface area contributed by atoms with Crippen LogP contribution < -0.4 is 4.74 Å². The van der Waals surface area contributed by atoms with Crippen molar-refractivity contribution in [3.63, 3.8) is 0 Å². The maximum Gasteiger partial charge on any atom is 0.307 e. The van der Waals surface area contributed by atoms with E-state index in [1.807, 2.05) is 6.92 Å². The molecule has 104 valence electrons. The number of aryl methyl sites for hydroxylation is 1. The lowest BCUT2D eigenvalue weighted by Crippen LogP contribution is -2.19. The number of carbonyl (C=O) groups excluding carboxylic acids is 1. The maximum atomic E-state index is 11.1. The summed E-state index contributed by atoms with van der Waals surface area (Å²) >= 11 is 0. The van der Waals surface area contributed by atoms with E-state index in [1.165, 1.54) is 14.0 Å². The summed E-state index contributed by atoms with van der Waals surface area (Å²) in [6.07, 6.45) is 0.0455. The van der Waals surface area contributed by atoms with Gasteiger partial charge in [-0.15, -0.1) is 0 Å². The van der Waals surface area contributed by atoms with E-state index in [-0.39, 0.29) is 24.4 Å². The van der Waals surface area contributed by atoms with Gasteiger partial charge in [-0.3, -0.25) is 4.79 Å². The molecule has 0 aliphatic carbocycles. The van der Waals surface area contributed by atoms with Crippen LogP contribution in [0, 0.1) is 12.8 Å². The van der Waals surface area contributed by atoms with Crippen LogP contribution in [-0.2, 0) is 16.0 Å². The molecule has 0 bridgehead atoms. The molecule has 0 radical (unpaired) electrons. The number of methoxy groups -OCH3 is 1. The summed E-state index contributed by atoms with van der Waals surface area (Å²) < 4.78 is 5.03. The predicted octanol–water partition coefficient (Wildman–Crippen LogP) is 1.93. The number of hydrogen-bond acceptors (Lipinski definition) is 4. The third-order valence-corrected chi connectivity index (χ3v) is 2.87. The molecule has 0 aliphatic heterocycles. The summed E-state index contributed by atoms with van der Waals surface area (Å²) in [7, 11) is 1.43. The Bertz CT molecular complexity index is 493. The van der Waals surface area contributed by atoms with Crippen molar-refractivity contribution < 1.29 is 24.5 Å². The molecule has 1 aromatic carbocycles. The second kappa shape index (κ2) is 6.22. The number of benzene rings is 1. The molecule has 0 saturated heterocycles. The zero-order valence-electron chi connectivity index (χ0n) is 11.3. The number of aromatic hydroxyl groups is 1. The highest BCUT2D eigenvalue weighted by Crippen LogP contribution is 2.33. The first-order valence-corrected chi connectivity index (χ1v) is 5.93. The second-order valence-corrected chi connectivity index (χ2v) is 4.62. The third-order valence-electron chi connectivity index (χ3n) is 2.87. The highest BCUT2D eigenvalue weighted by atomic mass is 16.5. The van der Waals surface area contributed by atoms with Gasteiger partial charge in [-0.1, -0.05) is 6.07 Å². The fourth-order valence-electron chi connectivity index (χ4n) is 1.99. The highest BCUT2D eigenvalue weighted by molar-refractivity contribution is 5.82. The number of ether oxygens (including phenoxy) is 1. The number of rotatable bonds is 6. The molecular formula is C14H18O5. The fourth-order valence-corrected chi connectivity index (χ4v) is 1.99. The van der Waals surface area contributed by atoms with Gasteiger partial charge in [-0.05, 0) is 37.5 Å². The molecule has 19 heavy (non-hydrogen) atoms. The van der Waals surface area contributed by atoms with Gasteiger partial charge in [0.05, 0.1) is 13.0 Å². The van der Waals surface area contributed by atoms with Crippen LogP contribution in [0.25, 0.3) is 0 Å². The summed E-state index contributed by atoms with van der Waals surface area (Å²) in [5.41, 5.74) is 1.34. The maximum absolute atomic E-state index is 11.1. The number of Topliss-reactive ketones (excluding diaryl/α,β-unsaturated/α-hetero) is 1. The first-order valence-electron chi connectivity index (χ1n) is 5.93. The summed E-state index contributed by atoms with van der Waals surface area (Å²) in [6, 6.07) is 3.37. The summed E-state index contributed by atoms with van der Waals surface area (Å²) in [4.78, 5) is 22.2. The van der Waals surface area contributed by atoms with E-state index < -0.39 is 11.9 Å². The van der Waals surface area contributed by atoms with Crippen LogP contribution in [-0.4, -0.2) is 29.1 Å². The molecule has 0 fully saturated rings. The molecule has 0 aliphatic rings. The topological polar surface area (TPSA) is 83.8 Å². The molecular weight excluding hydrogens is 248 g/mol. The van der Waals surface area contributed by atoms with Gasteiger partial charge in [-0.25, -0.2) is 0 Å². The number of carbonyl (C=O) groups is 2. The number of carboxylic acid groups (broad SMARTS) is 1. The van der Waals surface area contributed by atoms with Gasteiger partial charge >= 0.3 is 5.97 Å². The van der Waals surface area contributed by atoms with Crippen LogP contribution in [0.2, 0.25) is 0 Å². The van der Waals surface area contributed by atoms with Crippen LogP contribution in [0.15, 0.2) is 12.1 Å². The Hall–Kier alpha value is -2.04. The van der Waals surface area contributed by atoms with E-state index >= 15 is 0 Å². The zero-order chi connectivity index (χ0) is 14.6. The average Bonchev–Trinajstić information content (AvgIpc) is 2.31. The molecule has 0 saturated carbocycles. The van der Waals surface area contributed by atoms with Gasteiger partial charge < -0.3 is 19.7 Å². The number of hydrogen-bond donors (Lipinski definition) is 2. The highest BCUT2D eigenvalue weighted by Gasteiger charge is 2.22. The van der Waals surface area contributed by atoms with Crippen molar-refractivity contribution in [3.05, 3.63) is 23.3 Å². The Balaban J connectivity index is 3.05. The molecule has 1 atom stereocenters. The predicted molar refractivity (Wildman–Crippen MR) is 69.5 cm³/mol. The third kappa shape index (κ3) is 3.98. The number of ketones is 1. The molecule has 1 rings (SSSR count). The van der Waals surface area contributed by atoms with Gasteiger partial charge in [0.2, 0.25) is 0 Å². The Morgan fingerprint density at radius 2 is 2.00 bits per heavy atom. The second-order valence-electron chi connectivity index (χ2n) is 4.62. The van der Waals surface area contributed by atoms with E-state index in [9.17, 15) is 14.7 Å². The lowest BCUT2D eigenvalue weighted by molar-refractivity contribution is -0.143. The van der Waals surface area contributed by atoms with E-state index in [4.69, 9.17) is 9.84 Å². The number of phenols is 1. The largest absolute Gasteiger partial charge is 0.504 e. The first-order chi connectivity index (χ1) is 8.85. The van der Waals surface area contributed by atoms with Crippen LogP contribution >= 0.6 is 0 Å². The summed E-state index contributed by atoms with van der Waals surface area (Å²) in [5, 5.41) is 19.1. The Kier molecular flexibility index (Phi) is 4.92. The van der Waals surface area contributed by atoms with E-state index in [0.29, 0.717) is 11.3 Å². The van der Waals surface area contributed by atoms with Crippen LogP contribution in [0.1, 0.15) is 24.5 Å². The van der Waals surface area contributed by atoms with Crippen molar-refractivity contribution in [1.29, 1.82) is 0 Å². The molecule has 0 aromatic heterocycles. The minimum Gasteiger partial charge on any atom is -0.504 e. The zero-order valence-corrected chi connectivity index (χ0v) is 11.3. The van der Waals surface area contributed by atoms with Crippen LogP contribution in [0.5, 0.6) is 11.5 Å². The molecule has 0 heterocycles. The molecule has 2 N–H and O–H groups in total. The smallest absolute Gasteiger partial charge is 0.307 e. The SMILES string of the molecule is COc1cc(C)cc(CC(CC(C)=O)C(=O)O)c1O. The quantitative estimate of drug-likeness (QED) is 0.822. The van der Waals surface area contributed by atoms with E-state index in [2.05, 4.69) is 0 Å². The molecule has 1 aromatic rings. The number of phenolic OH excluding ortho intramolecular Hbond substituents is 1. The minimum absolute atomic E-state index is 0.0506. The molecule has 0 spiro atoms. The normalized spacial score (nSPS) is 11.9.